The number of carbonyl (C=O) groups excluding carboxylic acids is 6. The second-order valence-corrected chi connectivity index (χ2v) is 23.8. The molecule has 5 aliphatic rings. The summed E-state index contributed by atoms with van der Waals surface area (Å²) < 4.78 is 73.9. The fourth-order valence-corrected chi connectivity index (χ4v) is 10.8. The van der Waals surface area contributed by atoms with E-state index in [2.05, 4.69) is 71.8 Å². The largest absolute Gasteiger partial charge is 0.481 e. The molecule has 11 N–H and O–H groups in total. The number of carboxylic acids is 1. The van der Waals surface area contributed by atoms with Crippen molar-refractivity contribution in [3.05, 3.63) is 118 Å². The van der Waals surface area contributed by atoms with Crippen LogP contribution in [-0.2, 0) is 62.3 Å². The van der Waals surface area contributed by atoms with Gasteiger partial charge >= 0.3 is 18.3 Å². The van der Waals surface area contributed by atoms with E-state index in [9.17, 15) is 55.1 Å². The Hall–Kier alpha value is -6.66. The topological polar surface area (TPSA) is 312 Å². The molecule has 0 bridgehead atoms. The number of aliphatic carboxylic acids is 1. The number of methoxy groups -OCH3 is 1. The SMILES string of the molecule is CC(C)CCC=O.COC(C)CCC(CC(=O)[C@@H](C)CCO)C(=O)N[C@@H]1CCCc2ccccc21.C[C@@H](CCO)C(=O)O.N.N[C@H]1CCO[C@H]2CCC(C(=O)N[C@@H]3CCCc4ccccc43)N2C1=O.O=CC(F)(F)F.OCC(F)(F)F.[C-]#[N+][C@@H]1CCCc2ccccc21. The summed E-state index contributed by atoms with van der Waals surface area (Å²) in [6.07, 6.45) is 6.00. The highest BCUT2D eigenvalue weighted by Gasteiger charge is 2.45. The van der Waals surface area contributed by atoms with Crippen molar-refractivity contribution in [1.82, 2.24) is 21.7 Å². The van der Waals surface area contributed by atoms with Gasteiger partial charge in [0.15, 0.2) is 0 Å². The van der Waals surface area contributed by atoms with Crippen molar-refractivity contribution in [2.24, 2.45) is 29.4 Å². The Kier molecular flexibility index (Phi) is 40.7. The minimum absolute atomic E-state index is 0. The van der Waals surface area contributed by atoms with E-state index in [0.29, 0.717) is 51.0 Å². The highest BCUT2D eigenvalue weighted by atomic mass is 19.4. The van der Waals surface area contributed by atoms with Crippen molar-refractivity contribution in [2.45, 2.75) is 212 Å². The molecule has 3 aromatic rings. The molecule has 2 saturated heterocycles. The van der Waals surface area contributed by atoms with Gasteiger partial charge < -0.3 is 67.0 Å². The van der Waals surface area contributed by atoms with Crippen LogP contribution < -0.4 is 22.5 Å². The third-order valence-corrected chi connectivity index (χ3v) is 16.2. The number of rotatable bonds is 19. The summed E-state index contributed by atoms with van der Waals surface area (Å²) in [6, 6.07) is 24.0. The second kappa shape index (κ2) is 44.8. The number of ether oxygens (including phenoxy) is 2. The summed E-state index contributed by atoms with van der Waals surface area (Å²) >= 11 is 0. The van der Waals surface area contributed by atoms with E-state index in [-0.39, 0.29) is 91.6 Å². The normalized spacial score (nSPS) is 20.5. The smallest absolute Gasteiger partial charge is 0.446 e. The molecule has 93 heavy (non-hydrogen) atoms. The Morgan fingerprint density at radius 3 is 1.65 bits per heavy atom. The van der Waals surface area contributed by atoms with Crippen LogP contribution in [0.1, 0.15) is 189 Å². The Balaban J connectivity index is 0.000000598. The minimum atomic E-state index is -4.64. The highest BCUT2D eigenvalue weighted by Crippen LogP contribution is 2.35. The number of hydrogen-bond acceptors (Lipinski definition) is 14. The highest BCUT2D eigenvalue weighted by molar-refractivity contribution is 5.91. The molecule has 3 aliphatic carbocycles. The summed E-state index contributed by atoms with van der Waals surface area (Å²) in [5.41, 5.74) is 13.6. The predicted molar refractivity (Wildman–Crippen MR) is 340 cm³/mol. The number of aryl methyl sites for hydroxylation is 3. The molecule has 2 fully saturated rings. The second-order valence-electron chi connectivity index (χ2n) is 23.8. The van der Waals surface area contributed by atoms with E-state index in [1.807, 2.05) is 44.2 Å². The molecule has 0 saturated carbocycles. The zero-order chi connectivity index (χ0) is 69.0. The molecule has 0 spiro atoms. The van der Waals surface area contributed by atoms with Crippen molar-refractivity contribution < 1.29 is 89.8 Å². The van der Waals surface area contributed by atoms with Crippen LogP contribution in [-0.4, -0.2) is 138 Å². The number of carbonyl (C=O) groups is 7. The maximum absolute atomic E-state index is 13.1. The first-order chi connectivity index (χ1) is 43.6. The first-order valence-corrected chi connectivity index (χ1v) is 31.6. The fraction of sp³-hybridized carbons (Fsp3) is 0.618. The number of amides is 3. The number of aliphatic hydroxyl groups excluding tert-OH is 3. The van der Waals surface area contributed by atoms with E-state index in [4.69, 9.17) is 47.0 Å². The third-order valence-electron chi connectivity index (χ3n) is 16.2. The van der Waals surface area contributed by atoms with Gasteiger partial charge in [0.1, 0.15) is 30.9 Å². The van der Waals surface area contributed by atoms with Gasteiger partial charge in [-0.15, -0.1) is 0 Å². The molecule has 522 valence electrons. The number of nitrogens with one attached hydrogen (secondary N) is 2. The first-order valence-electron chi connectivity index (χ1n) is 31.6. The number of nitrogens with zero attached hydrogens (tertiary/aromatic N) is 2. The van der Waals surface area contributed by atoms with E-state index in [1.165, 1.54) is 39.8 Å². The van der Waals surface area contributed by atoms with Crippen molar-refractivity contribution in [1.29, 1.82) is 0 Å². The van der Waals surface area contributed by atoms with E-state index < -0.39 is 49.2 Å². The quantitative estimate of drug-likeness (QED) is 0.0314. The van der Waals surface area contributed by atoms with Crippen LogP contribution in [0.2, 0.25) is 0 Å². The van der Waals surface area contributed by atoms with E-state index in [1.54, 1.807) is 18.9 Å². The maximum atomic E-state index is 13.1. The van der Waals surface area contributed by atoms with Crippen LogP contribution in [0.5, 0.6) is 0 Å². The van der Waals surface area contributed by atoms with Crippen LogP contribution in [0.25, 0.3) is 4.85 Å². The molecule has 2 heterocycles. The van der Waals surface area contributed by atoms with Crippen LogP contribution in [0.4, 0.5) is 26.3 Å². The number of carboxylic acid groups (broad SMARTS) is 1. The van der Waals surface area contributed by atoms with Gasteiger partial charge in [-0.2, -0.15) is 26.3 Å². The molecule has 2 aliphatic heterocycles. The van der Waals surface area contributed by atoms with Crippen LogP contribution in [0.3, 0.4) is 0 Å². The average Bonchev–Trinajstić information content (AvgIpc) is 1.81. The van der Waals surface area contributed by atoms with Gasteiger partial charge in [-0.3, -0.25) is 28.8 Å². The standard InChI is InChI=1S/C23H35NO4.C19H25N3O3.C11H11N.C6H12O.C5H10O3.C2H3F3O.C2HF3O.H3N/c1-16(13-14-25)22(26)15-19(12-11-17(2)28-3)23(27)24-21-10-6-8-18-7-4-5-9-20(18)21;20-14-10-11-25-17-9-8-16(22(17)19(14)24)18(23)21-15-7-3-5-12-4-1-2-6-13(12)15;1-12-11-8-4-6-9-5-2-3-7-10(9)11;1-6(2)4-3-5-7;1-4(2-3-6)5(7)8;2*3-2(4,5)1-6;/h4-5,7,9,16-17,19,21,25H,6,8,10-15H2,1-3H3,(H,24,27);1-2,4,6,14-17H,3,5,7-11,20H2,(H,21,23);2-3,5,7,11H,4,6,8H2;5-6H,3-4H2,1-2H3;4,6H,2-3H2,1H3,(H,7,8);6H,1H2;1H;1H3/t16-,17?,19?,21+;14-,15+,16?,17-;11-;;4-;;;/m001.0.../s1. The van der Waals surface area contributed by atoms with Gasteiger partial charge in [0, 0.05) is 57.0 Å². The summed E-state index contributed by atoms with van der Waals surface area (Å²) in [5, 5.41) is 39.2. The number of hydrogen-bond donors (Lipinski definition) is 8. The molecule has 3 aromatic carbocycles. The van der Waals surface area contributed by atoms with Crippen molar-refractivity contribution in [3.8, 4) is 0 Å². The minimum Gasteiger partial charge on any atom is -0.481 e. The van der Waals surface area contributed by atoms with Crippen molar-refractivity contribution in [3.63, 3.8) is 0 Å². The molecule has 0 radical (unpaired) electrons. The summed E-state index contributed by atoms with van der Waals surface area (Å²) in [5.74, 6) is -1.43. The molecule has 3 amide bonds. The number of aliphatic hydroxyl groups is 3. The van der Waals surface area contributed by atoms with Gasteiger partial charge in [0.2, 0.25) is 30.0 Å². The zero-order valence-corrected chi connectivity index (χ0v) is 54.6. The zero-order valence-electron chi connectivity index (χ0n) is 54.6. The van der Waals surface area contributed by atoms with Crippen LogP contribution >= 0.6 is 0 Å². The lowest BCUT2D eigenvalue weighted by Crippen LogP contribution is -2.53. The maximum Gasteiger partial charge on any atom is 0.446 e. The van der Waals surface area contributed by atoms with E-state index in [0.717, 1.165) is 76.9 Å². The molecule has 19 nitrogen and oxygen atoms in total. The predicted octanol–water partition coefficient (Wildman–Crippen LogP) is 11.0. The Morgan fingerprint density at radius 2 is 1.20 bits per heavy atom. The number of fused-ring (bicyclic) bond motifs is 4. The summed E-state index contributed by atoms with van der Waals surface area (Å²) in [4.78, 5) is 84.7. The average molecular weight is 1320 g/mol. The molecule has 10 atom stereocenters. The van der Waals surface area contributed by atoms with Gasteiger partial charge in [-0.05, 0) is 143 Å². The Morgan fingerprint density at radius 1 is 0.720 bits per heavy atom. The van der Waals surface area contributed by atoms with E-state index >= 15 is 0 Å². The molecule has 8 rings (SSSR count). The Labute approximate surface area is 543 Å². The van der Waals surface area contributed by atoms with Gasteiger partial charge in [-0.25, -0.2) is 6.57 Å². The summed E-state index contributed by atoms with van der Waals surface area (Å²) in [7, 11) is 1.66. The third kappa shape index (κ3) is 31.9. The van der Waals surface area contributed by atoms with Crippen LogP contribution in [0.15, 0.2) is 72.8 Å². The Bertz CT molecular complexity index is 2750. The first kappa shape index (κ1) is 84.4. The number of aldehydes is 2. The van der Waals surface area contributed by atoms with Gasteiger partial charge in [-0.1, -0.05) is 100 Å². The summed E-state index contributed by atoms with van der Waals surface area (Å²) in [6.45, 7) is 15.3. The fourth-order valence-electron chi connectivity index (χ4n) is 10.8. The number of halogens is 6. The molecule has 3 unspecified atom stereocenters. The number of ketones is 1. The molecular weight excluding hydrogens is 1220 g/mol. The number of alkyl halides is 6. The van der Waals surface area contributed by atoms with Crippen LogP contribution in [0, 0.1) is 30.2 Å². The monoisotopic (exact) mass is 1320 g/mol. The lowest BCUT2D eigenvalue weighted by atomic mass is 9.86. The van der Waals surface area contributed by atoms with Crippen molar-refractivity contribution in [2.75, 3.05) is 33.5 Å². The van der Waals surface area contributed by atoms with Crippen molar-refractivity contribution >= 4 is 42.0 Å². The molecule has 25 heteroatoms. The van der Waals surface area contributed by atoms with Gasteiger partial charge in [0.05, 0.1) is 36.8 Å². The number of nitrogens with two attached hydrogens (primary N) is 1. The lowest BCUT2D eigenvalue weighted by molar-refractivity contribution is -0.159. The number of benzene rings is 3. The van der Waals surface area contributed by atoms with Gasteiger partial charge in [0.25, 0.3) is 0 Å². The molecular formula is C68H100F6N6O13. The lowest BCUT2D eigenvalue weighted by Gasteiger charge is -2.31. The number of Topliss-reactive ketones (excluding diaryl/α,β-unsaturated/α-hetero) is 1. The molecule has 0 aromatic heterocycles.